The Balaban J connectivity index is 0.000000448. The molecule has 2 aromatic carbocycles. The van der Waals surface area contributed by atoms with Crippen molar-refractivity contribution >= 4 is 5.69 Å². The Labute approximate surface area is 141 Å². The van der Waals surface area contributed by atoms with Crippen LogP contribution in [0.4, 0.5) is 5.69 Å². The second kappa shape index (κ2) is 8.16. The van der Waals surface area contributed by atoms with Crippen molar-refractivity contribution in [1.29, 1.82) is 0 Å². The normalized spacial score (nSPS) is 23.9. The predicted octanol–water partition coefficient (Wildman–Crippen LogP) is 5.14. The Morgan fingerprint density at radius 1 is 0.870 bits per heavy atom. The highest BCUT2D eigenvalue weighted by Crippen LogP contribution is 2.49. The van der Waals surface area contributed by atoms with Gasteiger partial charge in [-0.1, -0.05) is 76.2 Å². The summed E-state index contributed by atoms with van der Waals surface area (Å²) in [4.78, 5) is 0. The Bertz CT molecular complexity index is 594. The number of nitrogens with one attached hydrogen (secondary N) is 2. The van der Waals surface area contributed by atoms with E-state index in [1.54, 1.807) is 0 Å². The first kappa shape index (κ1) is 17.6. The average Bonchev–Trinajstić information content (AvgIpc) is 3.25. The molecule has 23 heavy (non-hydrogen) atoms. The van der Waals surface area contributed by atoms with E-state index in [0.717, 1.165) is 13.1 Å². The van der Waals surface area contributed by atoms with Gasteiger partial charge in [-0.2, -0.15) is 0 Å². The lowest BCUT2D eigenvalue weighted by Crippen LogP contribution is -2.35. The minimum atomic E-state index is 0.220. The molecule has 124 valence electrons. The molecule has 0 amide bonds. The van der Waals surface area contributed by atoms with Crippen LogP contribution in [0.1, 0.15) is 51.3 Å². The summed E-state index contributed by atoms with van der Waals surface area (Å²) in [5.41, 5.74) is 4.41. The highest BCUT2D eigenvalue weighted by atomic mass is 15.0. The van der Waals surface area contributed by atoms with Gasteiger partial charge in [0, 0.05) is 23.7 Å². The molecule has 2 aliphatic heterocycles. The van der Waals surface area contributed by atoms with E-state index in [9.17, 15) is 0 Å². The third-order valence-electron chi connectivity index (χ3n) is 4.66. The zero-order valence-corrected chi connectivity index (χ0v) is 14.9. The van der Waals surface area contributed by atoms with Gasteiger partial charge in [-0.25, -0.2) is 0 Å². The van der Waals surface area contributed by atoms with Gasteiger partial charge in [0.2, 0.25) is 0 Å². The van der Waals surface area contributed by atoms with Crippen molar-refractivity contribution in [2.75, 3.05) is 18.4 Å². The molecule has 2 nitrogen and oxygen atoms in total. The zero-order chi connectivity index (χ0) is 16.7. The molecule has 1 unspecified atom stereocenters. The fraction of sp³-hybridized carbons (Fsp3) is 0.429. The van der Waals surface area contributed by atoms with Crippen LogP contribution in [0.5, 0.6) is 0 Å². The Morgan fingerprint density at radius 2 is 1.52 bits per heavy atom. The van der Waals surface area contributed by atoms with Crippen molar-refractivity contribution in [3.05, 3.63) is 65.7 Å². The van der Waals surface area contributed by atoms with Gasteiger partial charge in [0.05, 0.1) is 0 Å². The highest BCUT2D eigenvalue weighted by Gasteiger charge is 2.48. The van der Waals surface area contributed by atoms with Gasteiger partial charge in [-0.05, 0) is 30.2 Å². The zero-order valence-electron chi connectivity index (χ0n) is 14.9. The molecule has 1 saturated heterocycles. The van der Waals surface area contributed by atoms with Crippen LogP contribution in [0.3, 0.4) is 0 Å². The molecule has 2 N–H and O–H groups in total. The quantitative estimate of drug-likeness (QED) is 0.762. The van der Waals surface area contributed by atoms with Crippen LogP contribution in [0.15, 0.2) is 54.6 Å². The van der Waals surface area contributed by atoms with Crippen molar-refractivity contribution in [2.45, 2.75) is 45.6 Å². The van der Waals surface area contributed by atoms with Crippen molar-refractivity contribution in [1.82, 2.24) is 5.32 Å². The minimum absolute atomic E-state index is 0.220. The number of fused-ring (bicyclic) bond motifs is 2. The van der Waals surface area contributed by atoms with E-state index in [1.165, 1.54) is 23.2 Å². The van der Waals surface area contributed by atoms with E-state index in [0.29, 0.717) is 6.04 Å². The summed E-state index contributed by atoms with van der Waals surface area (Å²) in [7, 11) is 0. The SMILES string of the molecule is CC.CC.c1ccc(C2NCC[C@]23CNc2ccccc23)cc1. The van der Waals surface area contributed by atoms with Crippen molar-refractivity contribution in [3.63, 3.8) is 0 Å². The topological polar surface area (TPSA) is 24.1 Å². The van der Waals surface area contributed by atoms with Crippen LogP contribution in [-0.4, -0.2) is 13.1 Å². The molecule has 0 radical (unpaired) electrons. The van der Waals surface area contributed by atoms with Crippen LogP contribution in [0.25, 0.3) is 0 Å². The molecule has 4 rings (SSSR count). The highest BCUT2D eigenvalue weighted by molar-refractivity contribution is 5.62. The number of hydrogen-bond donors (Lipinski definition) is 2. The lowest BCUT2D eigenvalue weighted by Gasteiger charge is -2.31. The summed E-state index contributed by atoms with van der Waals surface area (Å²) >= 11 is 0. The molecule has 2 atom stereocenters. The average molecular weight is 310 g/mol. The molecule has 0 saturated carbocycles. The third-order valence-corrected chi connectivity index (χ3v) is 4.66. The number of benzene rings is 2. The van der Waals surface area contributed by atoms with Gasteiger partial charge in [-0.15, -0.1) is 0 Å². The summed E-state index contributed by atoms with van der Waals surface area (Å²) in [5.74, 6) is 0. The van der Waals surface area contributed by atoms with Gasteiger partial charge < -0.3 is 10.6 Å². The first-order valence-electron chi connectivity index (χ1n) is 9.02. The fourth-order valence-corrected chi connectivity index (χ4v) is 3.76. The Kier molecular flexibility index (Phi) is 6.23. The Hall–Kier alpha value is -1.80. The third kappa shape index (κ3) is 3.13. The fourth-order valence-electron chi connectivity index (χ4n) is 3.76. The van der Waals surface area contributed by atoms with Crippen LogP contribution >= 0.6 is 0 Å². The molecule has 2 heterocycles. The smallest absolute Gasteiger partial charge is 0.0436 e. The lowest BCUT2D eigenvalue weighted by molar-refractivity contribution is 0.413. The summed E-state index contributed by atoms with van der Waals surface area (Å²) in [5, 5.41) is 7.30. The minimum Gasteiger partial charge on any atom is -0.384 e. The van der Waals surface area contributed by atoms with Crippen molar-refractivity contribution < 1.29 is 0 Å². The molecule has 0 bridgehead atoms. The van der Waals surface area contributed by atoms with E-state index in [2.05, 4.69) is 65.2 Å². The number of anilines is 1. The maximum Gasteiger partial charge on any atom is 0.0436 e. The van der Waals surface area contributed by atoms with Crippen molar-refractivity contribution in [2.24, 2.45) is 0 Å². The summed E-state index contributed by atoms with van der Waals surface area (Å²) in [6, 6.07) is 20.0. The summed E-state index contributed by atoms with van der Waals surface area (Å²) in [6.07, 6.45) is 1.20. The summed E-state index contributed by atoms with van der Waals surface area (Å²) in [6.45, 7) is 10.1. The number of para-hydroxylation sites is 1. The summed E-state index contributed by atoms with van der Waals surface area (Å²) < 4.78 is 0. The van der Waals surface area contributed by atoms with Gasteiger partial charge >= 0.3 is 0 Å². The second-order valence-corrected chi connectivity index (χ2v) is 5.60. The second-order valence-electron chi connectivity index (χ2n) is 5.60. The van der Waals surface area contributed by atoms with Crippen LogP contribution in [-0.2, 0) is 5.41 Å². The van der Waals surface area contributed by atoms with Crippen LogP contribution in [0, 0.1) is 0 Å². The maximum absolute atomic E-state index is 3.71. The molecule has 1 spiro atoms. The van der Waals surface area contributed by atoms with Crippen molar-refractivity contribution in [3.8, 4) is 0 Å². The molecule has 2 heteroatoms. The standard InChI is InChI=1S/C17H18N2.2C2H6/c1-2-6-13(7-3-1)16-17(10-11-18-16)12-19-15-9-5-4-8-14(15)17;2*1-2/h1-9,16,18-19H,10-12H2;2*1-2H3/t16?,17-;;/m1../s1. The van der Waals surface area contributed by atoms with Gasteiger partial charge in [0.1, 0.15) is 0 Å². The first-order valence-corrected chi connectivity index (χ1v) is 9.02. The molecule has 0 aliphatic carbocycles. The van der Waals surface area contributed by atoms with Gasteiger partial charge in [-0.3, -0.25) is 0 Å². The molecule has 2 aliphatic rings. The predicted molar refractivity (Wildman–Crippen MR) is 101 cm³/mol. The molecular weight excluding hydrogens is 280 g/mol. The van der Waals surface area contributed by atoms with E-state index in [-0.39, 0.29) is 5.41 Å². The number of hydrogen-bond acceptors (Lipinski definition) is 2. The molecule has 1 fully saturated rings. The number of rotatable bonds is 1. The van der Waals surface area contributed by atoms with Crippen LogP contribution in [0.2, 0.25) is 0 Å². The lowest BCUT2D eigenvalue weighted by atomic mass is 9.73. The van der Waals surface area contributed by atoms with Gasteiger partial charge in [0.15, 0.2) is 0 Å². The first-order chi connectivity index (χ1) is 11.4. The molecular formula is C21H30N2. The maximum atomic E-state index is 3.71. The monoisotopic (exact) mass is 310 g/mol. The van der Waals surface area contributed by atoms with Gasteiger partial charge in [0.25, 0.3) is 0 Å². The van der Waals surface area contributed by atoms with E-state index >= 15 is 0 Å². The van der Waals surface area contributed by atoms with E-state index < -0.39 is 0 Å². The molecule has 0 aromatic heterocycles. The molecule has 2 aromatic rings. The Morgan fingerprint density at radius 3 is 2.26 bits per heavy atom. The van der Waals surface area contributed by atoms with E-state index in [4.69, 9.17) is 0 Å². The van der Waals surface area contributed by atoms with E-state index in [1.807, 2.05) is 27.7 Å². The van der Waals surface area contributed by atoms with Crippen LogP contribution < -0.4 is 10.6 Å². The largest absolute Gasteiger partial charge is 0.384 e.